The number of hydrogen-bond acceptors (Lipinski definition) is 2. The molecule has 3 nitrogen and oxygen atoms in total. The number of carbonyl (C=O) groups excluding carboxylic acids is 1. The summed E-state index contributed by atoms with van der Waals surface area (Å²) in [5, 5.41) is 3.36. The van der Waals surface area contributed by atoms with Gasteiger partial charge in [0.2, 0.25) is 0 Å². The third kappa shape index (κ3) is 5.39. The largest absolute Gasteiger partial charge is 0.350 e. The Bertz CT molecular complexity index is 400. The summed E-state index contributed by atoms with van der Waals surface area (Å²) in [7, 11) is 0. The first kappa shape index (κ1) is 16.2. The molecule has 0 saturated carbocycles. The lowest BCUT2D eigenvalue weighted by molar-refractivity contribution is 0.0946. The van der Waals surface area contributed by atoms with Gasteiger partial charge >= 0.3 is 0 Å². The highest BCUT2D eigenvalue weighted by molar-refractivity contribution is 6.31. The Hall–Kier alpha value is -0.770. The molecule has 0 aliphatic rings. The zero-order chi connectivity index (χ0) is 12.3. The Morgan fingerprint density at radius 3 is 2.53 bits per heavy atom. The number of aryl methyl sites for hydroxylation is 1. The summed E-state index contributed by atoms with van der Waals surface area (Å²) < 4.78 is 0. The second-order valence-corrected chi connectivity index (χ2v) is 5.04. The van der Waals surface area contributed by atoms with Crippen molar-refractivity contribution < 1.29 is 4.79 Å². The van der Waals surface area contributed by atoms with Gasteiger partial charge in [-0.05, 0) is 38.5 Å². The molecular formula is C12H18Cl2N2O. The minimum Gasteiger partial charge on any atom is -0.350 e. The highest BCUT2D eigenvalue weighted by Crippen LogP contribution is 2.16. The highest BCUT2D eigenvalue weighted by atomic mass is 35.5. The molecule has 0 atom stereocenters. The van der Waals surface area contributed by atoms with Crippen LogP contribution in [0.2, 0.25) is 5.02 Å². The van der Waals surface area contributed by atoms with Gasteiger partial charge in [-0.3, -0.25) is 4.79 Å². The number of halogens is 2. The van der Waals surface area contributed by atoms with Gasteiger partial charge < -0.3 is 11.1 Å². The van der Waals surface area contributed by atoms with Crippen LogP contribution >= 0.6 is 24.0 Å². The predicted molar refractivity (Wildman–Crippen MR) is 74.0 cm³/mol. The first-order valence-electron chi connectivity index (χ1n) is 5.13. The van der Waals surface area contributed by atoms with Crippen molar-refractivity contribution in [3.63, 3.8) is 0 Å². The smallest absolute Gasteiger partial charge is 0.251 e. The lowest BCUT2D eigenvalue weighted by Gasteiger charge is -2.18. The number of carbonyl (C=O) groups is 1. The van der Waals surface area contributed by atoms with Gasteiger partial charge in [-0.2, -0.15) is 0 Å². The summed E-state index contributed by atoms with van der Waals surface area (Å²) in [6.07, 6.45) is 0. The number of nitrogens with two attached hydrogens (primary N) is 1. The Morgan fingerprint density at radius 2 is 2.06 bits per heavy atom. The average Bonchev–Trinajstić information content (AvgIpc) is 2.17. The van der Waals surface area contributed by atoms with Crippen molar-refractivity contribution in [3.05, 3.63) is 34.3 Å². The van der Waals surface area contributed by atoms with E-state index in [4.69, 9.17) is 17.3 Å². The van der Waals surface area contributed by atoms with E-state index in [0.29, 0.717) is 17.1 Å². The fourth-order valence-corrected chi connectivity index (χ4v) is 1.32. The van der Waals surface area contributed by atoms with Crippen molar-refractivity contribution in [1.82, 2.24) is 5.32 Å². The zero-order valence-corrected chi connectivity index (χ0v) is 11.8. The van der Waals surface area contributed by atoms with Crippen molar-refractivity contribution in [1.29, 1.82) is 0 Å². The molecule has 5 heteroatoms. The maximum atomic E-state index is 11.7. The molecule has 0 saturated heterocycles. The van der Waals surface area contributed by atoms with Crippen LogP contribution in [0.1, 0.15) is 29.8 Å². The standard InChI is InChI=1S/C12H17ClN2O.ClH/c1-8-4-5-9(6-10(8)13)11(16)15-7-12(2,3)14;/h4-6H,7,14H2,1-3H3,(H,15,16);1H. The Morgan fingerprint density at radius 1 is 1.47 bits per heavy atom. The van der Waals surface area contributed by atoms with E-state index >= 15 is 0 Å². The SMILES string of the molecule is Cc1ccc(C(=O)NCC(C)(C)N)cc1Cl.Cl. The van der Waals surface area contributed by atoms with E-state index in [-0.39, 0.29) is 18.3 Å². The van der Waals surface area contributed by atoms with Crippen LogP contribution in [0.25, 0.3) is 0 Å². The van der Waals surface area contributed by atoms with E-state index in [1.54, 1.807) is 12.1 Å². The molecule has 1 aromatic rings. The third-order valence-electron chi connectivity index (χ3n) is 2.14. The fourth-order valence-electron chi connectivity index (χ4n) is 1.14. The van der Waals surface area contributed by atoms with E-state index in [1.807, 2.05) is 26.8 Å². The molecule has 0 radical (unpaired) electrons. The molecule has 0 fully saturated rings. The molecule has 3 N–H and O–H groups in total. The summed E-state index contributed by atoms with van der Waals surface area (Å²) in [6.45, 7) is 6.04. The second-order valence-electron chi connectivity index (χ2n) is 4.64. The van der Waals surface area contributed by atoms with Crippen LogP contribution < -0.4 is 11.1 Å². The molecule has 0 aliphatic heterocycles. The summed E-state index contributed by atoms with van der Waals surface area (Å²) in [6, 6.07) is 5.24. The van der Waals surface area contributed by atoms with Crippen LogP contribution in [0.5, 0.6) is 0 Å². The fraction of sp³-hybridized carbons (Fsp3) is 0.417. The van der Waals surface area contributed by atoms with Crippen LogP contribution in [0.15, 0.2) is 18.2 Å². The normalized spacial score (nSPS) is 10.6. The molecule has 0 aromatic heterocycles. The van der Waals surface area contributed by atoms with E-state index < -0.39 is 5.54 Å². The Balaban J connectivity index is 0.00000256. The molecule has 96 valence electrons. The van der Waals surface area contributed by atoms with Crippen molar-refractivity contribution in [2.45, 2.75) is 26.3 Å². The lowest BCUT2D eigenvalue weighted by atomic mass is 10.1. The van der Waals surface area contributed by atoms with Gasteiger partial charge in [-0.25, -0.2) is 0 Å². The first-order chi connectivity index (χ1) is 7.29. The first-order valence-corrected chi connectivity index (χ1v) is 5.50. The van der Waals surface area contributed by atoms with Crippen LogP contribution in [0.3, 0.4) is 0 Å². The minimum absolute atomic E-state index is 0. The Kier molecular flexibility index (Phi) is 5.96. The van der Waals surface area contributed by atoms with Crippen molar-refractivity contribution in [3.8, 4) is 0 Å². The molecule has 0 aliphatic carbocycles. The molecule has 1 amide bonds. The van der Waals surface area contributed by atoms with Crippen LogP contribution in [0, 0.1) is 6.92 Å². The summed E-state index contributed by atoms with van der Waals surface area (Å²) in [4.78, 5) is 11.7. The zero-order valence-electron chi connectivity index (χ0n) is 10.2. The average molecular weight is 277 g/mol. The number of nitrogens with one attached hydrogen (secondary N) is 1. The van der Waals surface area contributed by atoms with E-state index in [0.717, 1.165) is 5.56 Å². The molecule has 17 heavy (non-hydrogen) atoms. The molecule has 0 spiro atoms. The van der Waals surface area contributed by atoms with Crippen LogP contribution in [-0.4, -0.2) is 18.0 Å². The van der Waals surface area contributed by atoms with E-state index in [9.17, 15) is 4.79 Å². The molecule has 0 bridgehead atoms. The van der Waals surface area contributed by atoms with Gasteiger partial charge in [0.1, 0.15) is 0 Å². The number of amides is 1. The van der Waals surface area contributed by atoms with Crippen LogP contribution in [-0.2, 0) is 0 Å². The van der Waals surface area contributed by atoms with Gasteiger partial charge in [0.05, 0.1) is 0 Å². The minimum atomic E-state index is -0.413. The van der Waals surface area contributed by atoms with Crippen molar-refractivity contribution >= 4 is 29.9 Å². The van der Waals surface area contributed by atoms with E-state index in [2.05, 4.69) is 5.32 Å². The predicted octanol–water partition coefficient (Wildman–Crippen LogP) is 2.54. The van der Waals surface area contributed by atoms with Gasteiger partial charge in [-0.15, -0.1) is 12.4 Å². The maximum absolute atomic E-state index is 11.7. The monoisotopic (exact) mass is 276 g/mol. The number of rotatable bonds is 3. The number of hydrogen-bond donors (Lipinski definition) is 2. The van der Waals surface area contributed by atoms with E-state index in [1.165, 1.54) is 0 Å². The van der Waals surface area contributed by atoms with Crippen LogP contribution in [0.4, 0.5) is 0 Å². The quantitative estimate of drug-likeness (QED) is 0.892. The molecule has 1 aromatic carbocycles. The topological polar surface area (TPSA) is 55.1 Å². The summed E-state index contributed by atoms with van der Waals surface area (Å²) in [5.74, 6) is -0.152. The van der Waals surface area contributed by atoms with Crippen molar-refractivity contribution in [2.24, 2.45) is 5.73 Å². The van der Waals surface area contributed by atoms with Crippen molar-refractivity contribution in [2.75, 3.05) is 6.54 Å². The highest BCUT2D eigenvalue weighted by Gasteiger charge is 2.13. The third-order valence-corrected chi connectivity index (χ3v) is 2.55. The molecule has 1 rings (SSSR count). The number of benzene rings is 1. The molecular weight excluding hydrogens is 259 g/mol. The second kappa shape index (κ2) is 6.24. The summed E-state index contributed by atoms with van der Waals surface area (Å²) in [5.41, 5.74) is 6.87. The summed E-state index contributed by atoms with van der Waals surface area (Å²) >= 11 is 5.94. The van der Waals surface area contributed by atoms with Gasteiger partial charge in [0, 0.05) is 22.7 Å². The molecule has 0 unspecified atom stereocenters. The lowest BCUT2D eigenvalue weighted by Crippen LogP contribution is -2.45. The van der Waals surface area contributed by atoms with Gasteiger partial charge in [0.25, 0.3) is 5.91 Å². The maximum Gasteiger partial charge on any atom is 0.251 e. The Labute approximate surface area is 113 Å². The molecule has 0 heterocycles. The van der Waals surface area contributed by atoms with Gasteiger partial charge in [-0.1, -0.05) is 17.7 Å². The van der Waals surface area contributed by atoms with Gasteiger partial charge in [0.15, 0.2) is 0 Å².